The van der Waals surface area contributed by atoms with Crippen molar-refractivity contribution in [1.29, 1.82) is 0 Å². The summed E-state index contributed by atoms with van der Waals surface area (Å²) in [6.45, 7) is 13.1. The second-order valence-electron chi connectivity index (χ2n) is 7.27. The number of ether oxygens (including phenoxy) is 1. The third kappa shape index (κ3) is 3.96. The van der Waals surface area contributed by atoms with Gasteiger partial charge in [0.2, 0.25) is 5.88 Å². The summed E-state index contributed by atoms with van der Waals surface area (Å²) < 4.78 is 11.5. The number of nitrogens with zero attached hydrogens (tertiary/aromatic N) is 4. The first-order valence-electron chi connectivity index (χ1n) is 8.02. The Morgan fingerprint density at radius 3 is 2.25 bits per heavy atom. The lowest BCUT2D eigenvalue weighted by atomic mass is 10.1. The zero-order chi connectivity index (χ0) is 18.0. The molecule has 0 saturated carbocycles. The highest BCUT2D eigenvalue weighted by atomic mass is 28.4. The van der Waals surface area contributed by atoms with Crippen LogP contribution in [0.5, 0.6) is 5.88 Å². The first kappa shape index (κ1) is 18.5. The molecule has 0 spiro atoms. The lowest BCUT2D eigenvalue weighted by Crippen LogP contribution is -2.41. The van der Waals surface area contributed by atoms with Crippen molar-refractivity contribution in [3.63, 3.8) is 0 Å². The minimum absolute atomic E-state index is 0.129. The van der Waals surface area contributed by atoms with Crippen molar-refractivity contribution in [2.45, 2.75) is 51.9 Å². The molecule has 0 fully saturated rings. The molecular weight excluding hydrogens is 320 g/mol. The lowest BCUT2D eigenvalue weighted by molar-refractivity contribution is 0.198. The smallest absolute Gasteiger partial charge is 0.233 e. The van der Waals surface area contributed by atoms with Crippen molar-refractivity contribution in [3.8, 4) is 17.3 Å². The molecular formula is C17H26N4O2Si. The van der Waals surface area contributed by atoms with Crippen LogP contribution in [0.4, 0.5) is 0 Å². The fraction of sp³-hybridized carbons (Fsp3) is 0.529. The van der Waals surface area contributed by atoms with Gasteiger partial charge in [0.1, 0.15) is 11.4 Å². The van der Waals surface area contributed by atoms with Gasteiger partial charge >= 0.3 is 0 Å². The molecule has 0 aliphatic rings. The summed E-state index contributed by atoms with van der Waals surface area (Å²) in [6, 6.07) is 3.60. The Morgan fingerprint density at radius 1 is 1.04 bits per heavy atom. The molecule has 2 aromatic heterocycles. The number of methoxy groups -OCH3 is 1. The van der Waals surface area contributed by atoms with Crippen LogP contribution in [-0.2, 0) is 4.43 Å². The van der Waals surface area contributed by atoms with E-state index < -0.39 is 8.32 Å². The Hall–Kier alpha value is -1.86. The van der Waals surface area contributed by atoms with Gasteiger partial charge in [-0.25, -0.2) is 0 Å². The molecule has 7 heteroatoms. The van der Waals surface area contributed by atoms with Crippen LogP contribution in [0.25, 0.3) is 11.4 Å². The summed E-state index contributed by atoms with van der Waals surface area (Å²) in [6.07, 6.45) is 3.17. The SMILES string of the molecule is COc1ccc(-c2nccnc2C(C)O[Si](C)(C)C(C)(C)C)nn1. The Balaban J connectivity index is 2.34. The second kappa shape index (κ2) is 6.94. The predicted octanol–water partition coefficient (Wildman–Crippen LogP) is 4.03. The number of aromatic nitrogens is 4. The molecule has 0 aliphatic heterocycles. The van der Waals surface area contributed by atoms with Crippen LogP contribution in [0, 0.1) is 0 Å². The molecule has 6 nitrogen and oxygen atoms in total. The summed E-state index contributed by atoms with van der Waals surface area (Å²) >= 11 is 0. The number of rotatable bonds is 5. The van der Waals surface area contributed by atoms with Crippen molar-refractivity contribution in [1.82, 2.24) is 20.2 Å². The number of hydrogen-bond acceptors (Lipinski definition) is 6. The van der Waals surface area contributed by atoms with E-state index in [1.54, 1.807) is 25.6 Å². The standard InChI is InChI=1S/C17H26N4O2Si/c1-12(23-24(6,7)17(2,3)4)15-16(19-11-10-18-15)13-8-9-14(22-5)21-20-13/h8-12H,1-7H3. The van der Waals surface area contributed by atoms with Gasteiger partial charge in [-0.05, 0) is 31.1 Å². The summed E-state index contributed by atoms with van der Waals surface area (Å²) in [5.74, 6) is 0.467. The first-order chi connectivity index (χ1) is 11.2. The van der Waals surface area contributed by atoms with E-state index in [0.717, 1.165) is 5.69 Å². The molecule has 2 rings (SSSR count). The molecule has 0 aromatic carbocycles. The molecule has 0 saturated heterocycles. The Kier molecular flexibility index (Phi) is 5.34. The largest absolute Gasteiger partial charge is 0.480 e. The van der Waals surface area contributed by atoms with E-state index in [-0.39, 0.29) is 11.1 Å². The molecule has 1 atom stereocenters. The summed E-state index contributed by atoms with van der Waals surface area (Å²) in [5, 5.41) is 8.33. The van der Waals surface area contributed by atoms with Gasteiger partial charge in [0.05, 0.1) is 18.9 Å². The molecule has 130 valence electrons. The quantitative estimate of drug-likeness (QED) is 0.761. The molecule has 0 aliphatic carbocycles. The van der Waals surface area contributed by atoms with Gasteiger partial charge in [0, 0.05) is 18.5 Å². The number of hydrogen-bond donors (Lipinski definition) is 0. The van der Waals surface area contributed by atoms with Crippen LogP contribution < -0.4 is 4.74 Å². The zero-order valence-corrected chi connectivity index (χ0v) is 16.5. The fourth-order valence-corrected chi connectivity index (χ4v) is 3.42. The lowest BCUT2D eigenvalue weighted by Gasteiger charge is -2.38. The maximum atomic E-state index is 6.46. The third-order valence-electron chi connectivity index (χ3n) is 4.48. The molecule has 2 heterocycles. The third-order valence-corrected chi connectivity index (χ3v) is 9.04. The van der Waals surface area contributed by atoms with E-state index in [9.17, 15) is 0 Å². The van der Waals surface area contributed by atoms with Crippen LogP contribution in [0.3, 0.4) is 0 Å². The Morgan fingerprint density at radius 2 is 1.71 bits per heavy atom. The highest BCUT2D eigenvalue weighted by Crippen LogP contribution is 2.40. The summed E-state index contributed by atoms with van der Waals surface area (Å²) in [5.41, 5.74) is 2.13. The van der Waals surface area contributed by atoms with Crippen LogP contribution in [0.15, 0.2) is 24.5 Å². The summed E-state index contributed by atoms with van der Waals surface area (Å²) in [4.78, 5) is 8.95. The molecule has 0 radical (unpaired) electrons. The Bertz CT molecular complexity index is 684. The summed E-state index contributed by atoms with van der Waals surface area (Å²) in [7, 11) is -0.351. The zero-order valence-electron chi connectivity index (χ0n) is 15.5. The van der Waals surface area contributed by atoms with Crippen LogP contribution in [0.1, 0.15) is 39.5 Å². The van der Waals surface area contributed by atoms with Crippen molar-refractivity contribution in [2.75, 3.05) is 7.11 Å². The molecule has 0 amide bonds. The minimum atomic E-state index is -1.91. The maximum Gasteiger partial charge on any atom is 0.233 e. The van der Waals surface area contributed by atoms with E-state index >= 15 is 0 Å². The van der Waals surface area contributed by atoms with Gasteiger partial charge in [-0.15, -0.1) is 10.2 Å². The molecule has 2 aromatic rings. The van der Waals surface area contributed by atoms with Crippen LogP contribution in [-0.4, -0.2) is 35.6 Å². The van der Waals surface area contributed by atoms with Gasteiger partial charge in [-0.2, -0.15) is 0 Å². The first-order valence-corrected chi connectivity index (χ1v) is 10.9. The molecule has 0 bridgehead atoms. The Labute approximate surface area is 144 Å². The van der Waals surface area contributed by atoms with Gasteiger partial charge < -0.3 is 9.16 Å². The predicted molar refractivity (Wildman–Crippen MR) is 96.3 cm³/mol. The van der Waals surface area contributed by atoms with Gasteiger partial charge in [-0.1, -0.05) is 20.8 Å². The van der Waals surface area contributed by atoms with Crippen molar-refractivity contribution >= 4 is 8.32 Å². The van der Waals surface area contributed by atoms with E-state index in [0.29, 0.717) is 17.3 Å². The average molecular weight is 347 g/mol. The highest BCUT2D eigenvalue weighted by Gasteiger charge is 2.39. The van der Waals surface area contributed by atoms with Gasteiger partial charge in [0.15, 0.2) is 8.32 Å². The second-order valence-corrected chi connectivity index (χ2v) is 12.0. The van der Waals surface area contributed by atoms with Crippen LogP contribution in [0.2, 0.25) is 18.1 Å². The topological polar surface area (TPSA) is 70.0 Å². The maximum absolute atomic E-state index is 6.46. The van der Waals surface area contributed by atoms with Crippen molar-refractivity contribution in [2.24, 2.45) is 0 Å². The van der Waals surface area contributed by atoms with Crippen LogP contribution >= 0.6 is 0 Å². The van der Waals surface area contributed by atoms with E-state index in [1.807, 2.05) is 13.0 Å². The van der Waals surface area contributed by atoms with Crippen molar-refractivity contribution < 1.29 is 9.16 Å². The van der Waals surface area contributed by atoms with E-state index in [1.165, 1.54) is 0 Å². The van der Waals surface area contributed by atoms with E-state index in [4.69, 9.17) is 9.16 Å². The normalized spacial score (nSPS) is 13.6. The highest BCUT2D eigenvalue weighted by molar-refractivity contribution is 6.74. The van der Waals surface area contributed by atoms with Gasteiger partial charge in [0.25, 0.3) is 0 Å². The minimum Gasteiger partial charge on any atom is -0.480 e. The van der Waals surface area contributed by atoms with Gasteiger partial charge in [-0.3, -0.25) is 9.97 Å². The molecule has 1 unspecified atom stereocenters. The fourth-order valence-electron chi connectivity index (χ4n) is 2.07. The molecule has 0 N–H and O–H groups in total. The average Bonchev–Trinajstić information content (AvgIpc) is 2.53. The van der Waals surface area contributed by atoms with E-state index in [2.05, 4.69) is 54.0 Å². The van der Waals surface area contributed by atoms with Crippen molar-refractivity contribution in [3.05, 3.63) is 30.2 Å². The molecule has 24 heavy (non-hydrogen) atoms. The monoisotopic (exact) mass is 346 g/mol.